The van der Waals surface area contributed by atoms with Crippen molar-refractivity contribution in [2.45, 2.75) is 69.1 Å². The lowest BCUT2D eigenvalue weighted by Gasteiger charge is -2.27. The maximum Gasteiger partial charge on any atom is 0.315 e. The molecule has 3 atom stereocenters. The number of carbonyl (C=O) groups is 3. The van der Waals surface area contributed by atoms with Gasteiger partial charge < -0.3 is 64.9 Å². The van der Waals surface area contributed by atoms with Crippen LogP contribution in [0.1, 0.15) is 43.6 Å². The van der Waals surface area contributed by atoms with Crippen LogP contribution >= 0.6 is 23.1 Å². The molecule has 0 aliphatic carbocycles. The second-order valence-corrected chi connectivity index (χ2v) is 19.6. The molecule has 3 aliphatic rings. The van der Waals surface area contributed by atoms with Crippen LogP contribution in [0.4, 0.5) is 22.2 Å². The van der Waals surface area contributed by atoms with E-state index in [9.17, 15) is 14.4 Å². The van der Waals surface area contributed by atoms with Crippen LogP contribution in [0.25, 0.3) is 27.9 Å². The lowest BCUT2D eigenvalue weighted by Crippen LogP contribution is -2.37. The number of amides is 4. The van der Waals surface area contributed by atoms with Gasteiger partial charge in [-0.05, 0) is 42.5 Å². The molecule has 392 valence electrons. The molecule has 5 aromatic heterocycles. The highest BCUT2D eigenvalue weighted by atomic mass is 32.2. The number of aromatic nitrogens is 9. The smallest absolute Gasteiger partial charge is 0.315 e. The molecule has 24 nitrogen and oxygen atoms in total. The molecule has 6 N–H and O–H groups in total. The first-order chi connectivity index (χ1) is 35.9. The number of aromatic amines is 1. The number of H-pyrrole nitrogens is 1. The van der Waals surface area contributed by atoms with E-state index in [0.29, 0.717) is 151 Å². The summed E-state index contributed by atoms with van der Waals surface area (Å²) in [6, 6.07) is 7.96. The predicted octanol–water partition coefficient (Wildman–Crippen LogP) is 3.25. The number of hydrogen-bond donors (Lipinski definition) is 6. The van der Waals surface area contributed by atoms with Crippen LogP contribution in [0, 0.1) is 0 Å². The molecule has 0 bridgehead atoms. The average Bonchev–Trinajstić information content (AvgIpc) is 4.28. The Morgan fingerprint density at radius 3 is 2.55 bits per heavy atom. The van der Waals surface area contributed by atoms with Gasteiger partial charge in [0.05, 0.1) is 134 Å². The third-order valence-electron chi connectivity index (χ3n) is 12.2. The maximum absolute atomic E-state index is 12.8. The molecule has 9 rings (SSSR count). The van der Waals surface area contributed by atoms with Crippen molar-refractivity contribution < 1.29 is 42.8 Å². The summed E-state index contributed by atoms with van der Waals surface area (Å²) in [6.07, 6.45) is 7.05. The van der Waals surface area contributed by atoms with E-state index in [0.717, 1.165) is 41.7 Å². The number of thioether (sulfide) groups is 1. The highest BCUT2D eigenvalue weighted by Gasteiger charge is 2.42. The fourth-order valence-electron chi connectivity index (χ4n) is 8.52. The Morgan fingerprint density at radius 2 is 1.70 bits per heavy atom. The van der Waals surface area contributed by atoms with Crippen molar-refractivity contribution in [1.29, 1.82) is 0 Å². The summed E-state index contributed by atoms with van der Waals surface area (Å²) in [5, 5.41) is 28.0. The van der Waals surface area contributed by atoms with Gasteiger partial charge in [0.15, 0.2) is 17.0 Å². The number of hydrogen-bond acceptors (Lipinski definition) is 19. The normalized spacial score (nSPS) is 17.6. The Balaban J connectivity index is 0.571. The molecule has 3 fully saturated rings. The topological polar surface area (TPSA) is 273 Å². The Labute approximate surface area is 429 Å². The molecule has 0 spiro atoms. The zero-order valence-electron chi connectivity index (χ0n) is 40.6. The molecule has 3 aliphatic heterocycles. The molecule has 1 aromatic carbocycles. The monoisotopic (exact) mass is 1050 g/mol. The highest BCUT2D eigenvalue weighted by Crippen LogP contribution is 2.33. The standard InChI is InChI=1S/C47H63N15O9S2/c63-40(4-2-1-3-38-42-37(30-73-38)54-47(65)55-42)48-9-14-67-18-20-70-21-19-69-17-12-61-27-33(58-59-61)28-71-23-22-66-13-7-41(64)51-32-5-6-35-36(25-32)53-39(52-35)26-49-44-43-45(62(31-50-43)34-8-24-72-29-34)57-46(56-44)60-10-15-68-16-11-60/h5-6,8,24-25,27,29,31,37-38,42H,1-4,7,9-23,26,28,30H2,(H,48,63)(H,51,64)(H,52,53)(H,49,56,57)(H2,54,55,65)/t37?,38-,42?/m1/s1. The van der Waals surface area contributed by atoms with E-state index in [1.165, 1.54) is 0 Å². The third kappa shape index (κ3) is 15.1. The zero-order chi connectivity index (χ0) is 50.0. The number of anilines is 3. The predicted molar refractivity (Wildman–Crippen MR) is 274 cm³/mol. The summed E-state index contributed by atoms with van der Waals surface area (Å²) in [7, 11) is 0. The zero-order valence-corrected chi connectivity index (χ0v) is 42.3. The Morgan fingerprint density at radius 1 is 0.877 bits per heavy atom. The molecule has 0 saturated carbocycles. The first-order valence-electron chi connectivity index (χ1n) is 24.8. The van der Waals surface area contributed by atoms with E-state index in [1.54, 1.807) is 22.3 Å². The number of fused-ring (bicyclic) bond motifs is 3. The number of morpholine rings is 1. The van der Waals surface area contributed by atoms with Crippen LogP contribution < -0.4 is 31.5 Å². The lowest BCUT2D eigenvalue weighted by atomic mass is 10.0. The molecule has 0 radical (unpaired) electrons. The van der Waals surface area contributed by atoms with E-state index < -0.39 is 0 Å². The summed E-state index contributed by atoms with van der Waals surface area (Å²) >= 11 is 3.51. The van der Waals surface area contributed by atoms with Crippen LogP contribution in [0.15, 0.2) is 47.5 Å². The SMILES string of the molecule is O=C(CCCC[C@H]1SCC2NC(=O)NC21)NCCOCCOCCOCCn1cc(COCCOCCC(=O)Nc2ccc3nc(CNc4nc(N5CCOCC5)nc5c4ncn5-c4ccsc4)[nH]c3c2)nn1. The van der Waals surface area contributed by atoms with E-state index >= 15 is 0 Å². The van der Waals surface area contributed by atoms with Gasteiger partial charge in [-0.15, -0.1) is 5.10 Å². The number of benzene rings is 1. The van der Waals surface area contributed by atoms with Crippen molar-refractivity contribution in [3.63, 3.8) is 0 Å². The van der Waals surface area contributed by atoms with E-state index in [2.05, 4.69) is 57.1 Å². The minimum absolute atomic E-state index is 0.0299. The Kier molecular flexibility index (Phi) is 19.0. The van der Waals surface area contributed by atoms with Crippen LogP contribution in [-0.2, 0) is 57.7 Å². The van der Waals surface area contributed by atoms with Crippen molar-refractivity contribution in [1.82, 2.24) is 60.4 Å². The fourth-order valence-corrected chi connectivity index (χ4v) is 10.7. The molecular weight excluding hydrogens is 983 g/mol. The third-order valence-corrected chi connectivity index (χ3v) is 14.4. The number of nitrogens with zero attached hydrogens (tertiary/aromatic N) is 9. The number of unbranched alkanes of at least 4 members (excludes halogenated alkanes) is 1. The van der Waals surface area contributed by atoms with E-state index in [1.807, 2.05) is 52.2 Å². The van der Waals surface area contributed by atoms with Crippen LogP contribution in [0.2, 0.25) is 0 Å². The lowest BCUT2D eigenvalue weighted by molar-refractivity contribution is -0.121. The van der Waals surface area contributed by atoms with Gasteiger partial charge in [0.25, 0.3) is 0 Å². The number of ether oxygens (including phenoxy) is 6. The fraction of sp³-hybridized carbons (Fsp3) is 0.553. The van der Waals surface area contributed by atoms with Crippen molar-refractivity contribution >= 4 is 80.6 Å². The molecule has 6 aromatic rings. The second-order valence-electron chi connectivity index (χ2n) is 17.5. The number of carbonyl (C=O) groups excluding carboxylic acids is 3. The molecule has 4 amide bonds. The van der Waals surface area contributed by atoms with Gasteiger partial charge in [0.1, 0.15) is 17.8 Å². The quantitative estimate of drug-likeness (QED) is 0.0269. The first-order valence-corrected chi connectivity index (χ1v) is 26.8. The number of rotatable bonds is 31. The van der Waals surface area contributed by atoms with Crippen LogP contribution in [-0.4, -0.2) is 178 Å². The van der Waals surface area contributed by atoms with Gasteiger partial charge in [-0.25, -0.2) is 19.4 Å². The van der Waals surface area contributed by atoms with Crippen molar-refractivity contribution in [3.05, 3.63) is 59.1 Å². The van der Waals surface area contributed by atoms with Crippen molar-refractivity contribution in [2.24, 2.45) is 0 Å². The number of thiophene rings is 1. The number of imidazole rings is 2. The highest BCUT2D eigenvalue weighted by molar-refractivity contribution is 8.00. The summed E-state index contributed by atoms with van der Waals surface area (Å²) < 4.78 is 37.4. The summed E-state index contributed by atoms with van der Waals surface area (Å²) in [5.74, 6) is 2.74. The van der Waals surface area contributed by atoms with Crippen LogP contribution in [0.5, 0.6) is 0 Å². The average molecular weight is 1050 g/mol. The van der Waals surface area contributed by atoms with E-state index in [4.69, 9.17) is 43.4 Å². The van der Waals surface area contributed by atoms with Gasteiger partial charge >= 0.3 is 6.03 Å². The molecule has 73 heavy (non-hydrogen) atoms. The molecule has 26 heteroatoms. The molecular formula is C47H63N15O9S2. The van der Waals surface area contributed by atoms with Gasteiger partial charge in [0.2, 0.25) is 17.8 Å². The van der Waals surface area contributed by atoms with Gasteiger partial charge in [-0.3, -0.25) is 14.2 Å². The maximum atomic E-state index is 12.8. The van der Waals surface area contributed by atoms with Crippen molar-refractivity contribution in [3.8, 4) is 5.69 Å². The first kappa shape index (κ1) is 51.9. The minimum atomic E-state index is -0.169. The van der Waals surface area contributed by atoms with E-state index in [-0.39, 0.29) is 49.6 Å². The van der Waals surface area contributed by atoms with Gasteiger partial charge in [-0.1, -0.05) is 11.6 Å². The Bertz CT molecular complexity index is 2700. The number of urea groups is 1. The minimum Gasteiger partial charge on any atom is -0.379 e. The second kappa shape index (κ2) is 26.8. The molecule has 2 unspecified atom stereocenters. The molecule has 8 heterocycles. The van der Waals surface area contributed by atoms with Gasteiger partial charge in [0, 0.05) is 48.1 Å². The largest absolute Gasteiger partial charge is 0.379 e. The molecule has 3 saturated heterocycles. The summed E-state index contributed by atoms with van der Waals surface area (Å²) in [4.78, 5) is 61.1. The summed E-state index contributed by atoms with van der Waals surface area (Å²) in [5.41, 5.74) is 5.26. The van der Waals surface area contributed by atoms with Gasteiger partial charge in [-0.2, -0.15) is 33.1 Å². The summed E-state index contributed by atoms with van der Waals surface area (Å²) in [6.45, 7) is 7.82. The Hall–Kier alpha value is -6.00. The van der Waals surface area contributed by atoms with Crippen molar-refractivity contribution in [2.75, 3.05) is 114 Å². The van der Waals surface area contributed by atoms with Crippen LogP contribution in [0.3, 0.4) is 0 Å². The number of nitrogens with one attached hydrogen (secondary N) is 6.